The van der Waals surface area contributed by atoms with Crippen molar-refractivity contribution in [1.82, 2.24) is 4.90 Å². The summed E-state index contributed by atoms with van der Waals surface area (Å²) >= 11 is 0. The number of benzene rings is 1. The molecule has 0 aliphatic rings. The Morgan fingerprint density at radius 3 is 2.50 bits per heavy atom. The maximum absolute atomic E-state index is 12.4. The summed E-state index contributed by atoms with van der Waals surface area (Å²) < 4.78 is 29.1. The molecular weight excluding hydrogens is 290 g/mol. The lowest BCUT2D eigenvalue weighted by atomic mass is 10.1. The molecule has 1 atom stereocenters. The standard InChI is InChI=1S/C16H24F2N2O2/c1-11(2)9-10-20(4)12(3)15(21)19-13-7-5-6-8-14(13)22-16(17)18/h5-8,11-12,16H,9-10H2,1-4H3,(H,19,21)/t12-/m1/s1. The number of hydrogen-bond acceptors (Lipinski definition) is 3. The van der Waals surface area contributed by atoms with Crippen LogP contribution in [0.1, 0.15) is 27.2 Å². The highest BCUT2D eigenvalue weighted by Gasteiger charge is 2.20. The quantitative estimate of drug-likeness (QED) is 0.797. The minimum absolute atomic E-state index is 0.0390. The van der Waals surface area contributed by atoms with E-state index in [4.69, 9.17) is 0 Å². The maximum Gasteiger partial charge on any atom is 0.387 e. The molecule has 0 aromatic heterocycles. The number of para-hydroxylation sites is 2. The fourth-order valence-corrected chi connectivity index (χ4v) is 1.86. The molecule has 0 heterocycles. The van der Waals surface area contributed by atoms with E-state index in [-0.39, 0.29) is 23.4 Å². The molecule has 0 aliphatic heterocycles. The van der Waals surface area contributed by atoms with Crippen LogP contribution in [0, 0.1) is 5.92 Å². The smallest absolute Gasteiger partial charge is 0.387 e. The molecule has 0 bridgehead atoms. The Kier molecular flexibility index (Phi) is 7.24. The van der Waals surface area contributed by atoms with E-state index in [0.717, 1.165) is 13.0 Å². The van der Waals surface area contributed by atoms with Crippen LogP contribution in [0.15, 0.2) is 24.3 Å². The highest BCUT2D eigenvalue weighted by molar-refractivity contribution is 5.95. The molecule has 1 N–H and O–H groups in total. The lowest BCUT2D eigenvalue weighted by molar-refractivity contribution is -0.120. The van der Waals surface area contributed by atoms with Crippen LogP contribution in [0.5, 0.6) is 5.75 Å². The molecule has 0 spiro atoms. The predicted octanol–water partition coefficient (Wildman–Crippen LogP) is 3.59. The van der Waals surface area contributed by atoms with Gasteiger partial charge in [-0.3, -0.25) is 9.69 Å². The zero-order valence-electron chi connectivity index (χ0n) is 13.5. The second-order valence-electron chi connectivity index (χ2n) is 5.70. The Balaban J connectivity index is 2.67. The largest absolute Gasteiger partial charge is 0.433 e. The van der Waals surface area contributed by atoms with E-state index in [1.807, 2.05) is 11.9 Å². The molecule has 1 aromatic rings. The molecule has 1 aromatic carbocycles. The Hall–Kier alpha value is -1.69. The number of carbonyl (C=O) groups excluding carboxylic acids is 1. The summed E-state index contributed by atoms with van der Waals surface area (Å²) in [6.07, 6.45) is 0.985. The molecule has 124 valence electrons. The minimum atomic E-state index is -2.93. The lowest BCUT2D eigenvalue weighted by Crippen LogP contribution is -2.40. The monoisotopic (exact) mass is 314 g/mol. The summed E-state index contributed by atoms with van der Waals surface area (Å²) in [5.41, 5.74) is 0.247. The molecule has 1 amide bonds. The fraction of sp³-hybridized carbons (Fsp3) is 0.562. The van der Waals surface area contributed by atoms with Crippen LogP contribution >= 0.6 is 0 Å². The SMILES string of the molecule is CC(C)CCN(C)[C@H](C)C(=O)Nc1ccccc1OC(F)F. The molecule has 0 fully saturated rings. The summed E-state index contributed by atoms with van der Waals surface area (Å²) in [6.45, 7) is 3.89. The second-order valence-corrected chi connectivity index (χ2v) is 5.70. The van der Waals surface area contributed by atoms with Gasteiger partial charge in [0.25, 0.3) is 0 Å². The summed E-state index contributed by atoms with van der Waals surface area (Å²) in [5.74, 6) is 0.261. The maximum atomic E-state index is 12.4. The number of nitrogens with one attached hydrogen (secondary N) is 1. The van der Waals surface area contributed by atoms with Crippen molar-refractivity contribution in [2.75, 3.05) is 18.9 Å². The summed E-state index contributed by atoms with van der Waals surface area (Å²) in [6, 6.07) is 5.80. The number of carbonyl (C=O) groups is 1. The Bertz CT molecular complexity index is 481. The van der Waals surface area contributed by atoms with Gasteiger partial charge in [0.1, 0.15) is 5.75 Å². The van der Waals surface area contributed by atoms with Gasteiger partial charge in [-0.15, -0.1) is 0 Å². The van der Waals surface area contributed by atoms with Crippen molar-refractivity contribution >= 4 is 11.6 Å². The molecule has 0 aliphatic carbocycles. The fourth-order valence-electron chi connectivity index (χ4n) is 1.86. The Morgan fingerprint density at radius 1 is 1.27 bits per heavy atom. The van der Waals surface area contributed by atoms with Crippen LogP contribution in [-0.2, 0) is 4.79 Å². The van der Waals surface area contributed by atoms with Gasteiger partial charge in [-0.25, -0.2) is 0 Å². The number of ether oxygens (including phenoxy) is 1. The van der Waals surface area contributed by atoms with Gasteiger partial charge in [0, 0.05) is 0 Å². The van der Waals surface area contributed by atoms with Gasteiger partial charge in [0.15, 0.2) is 0 Å². The van der Waals surface area contributed by atoms with Crippen LogP contribution in [-0.4, -0.2) is 37.1 Å². The highest BCUT2D eigenvalue weighted by Crippen LogP contribution is 2.25. The van der Waals surface area contributed by atoms with Gasteiger partial charge >= 0.3 is 6.61 Å². The minimum Gasteiger partial charge on any atom is -0.433 e. The first-order valence-electron chi connectivity index (χ1n) is 7.36. The average Bonchev–Trinajstić information content (AvgIpc) is 2.45. The summed E-state index contributed by atoms with van der Waals surface area (Å²) in [7, 11) is 1.87. The molecule has 4 nitrogen and oxygen atoms in total. The predicted molar refractivity (Wildman–Crippen MR) is 83.3 cm³/mol. The van der Waals surface area contributed by atoms with E-state index in [9.17, 15) is 13.6 Å². The van der Waals surface area contributed by atoms with Gasteiger partial charge < -0.3 is 10.1 Å². The van der Waals surface area contributed by atoms with Crippen LogP contribution in [0.25, 0.3) is 0 Å². The first kappa shape index (κ1) is 18.4. The van der Waals surface area contributed by atoms with Gasteiger partial charge in [-0.1, -0.05) is 26.0 Å². The number of rotatable bonds is 8. The lowest BCUT2D eigenvalue weighted by Gasteiger charge is -2.25. The van der Waals surface area contributed by atoms with Crippen LogP contribution < -0.4 is 10.1 Å². The van der Waals surface area contributed by atoms with E-state index in [1.165, 1.54) is 12.1 Å². The number of alkyl halides is 2. The van der Waals surface area contributed by atoms with E-state index in [2.05, 4.69) is 23.9 Å². The van der Waals surface area contributed by atoms with E-state index in [0.29, 0.717) is 5.92 Å². The molecule has 6 heteroatoms. The van der Waals surface area contributed by atoms with Crippen LogP contribution in [0.4, 0.5) is 14.5 Å². The van der Waals surface area contributed by atoms with Gasteiger partial charge in [0.05, 0.1) is 11.7 Å². The molecule has 0 unspecified atom stereocenters. The molecule has 0 saturated carbocycles. The third kappa shape index (κ3) is 5.97. The van der Waals surface area contributed by atoms with Crippen molar-refractivity contribution in [1.29, 1.82) is 0 Å². The molecule has 22 heavy (non-hydrogen) atoms. The second kappa shape index (κ2) is 8.68. The normalized spacial score (nSPS) is 12.8. The number of halogens is 2. The first-order valence-corrected chi connectivity index (χ1v) is 7.36. The topological polar surface area (TPSA) is 41.6 Å². The molecule has 0 saturated heterocycles. The summed E-state index contributed by atoms with van der Waals surface area (Å²) in [5, 5.41) is 2.65. The van der Waals surface area contributed by atoms with Gasteiger partial charge in [-0.05, 0) is 45.0 Å². The summed E-state index contributed by atoms with van der Waals surface area (Å²) in [4.78, 5) is 14.2. The number of amides is 1. The number of likely N-dealkylation sites (N-methyl/N-ethyl adjacent to an activating group) is 1. The van der Waals surface area contributed by atoms with Crippen molar-refractivity contribution in [2.45, 2.75) is 39.8 Å². The van der Waals surface area contributed by atoms with Crippen molar-refractivity contribution in [3.63, 3.8) is 0 Å². The van der Waals surface area contributed by atoms with Crippen molar-refractivity contribution in [3.8, 4) is 5.75 Å². The first-order chi connectivity index (χ1) is 10.3. The van der Waals surface area contributed by atoms with Crippen molar-refractivity contribution in [2.24, 2.45) is 5.92 Å². The highest BCUT2D eigenvalue weighted by atomic mass is 19.3. The average molecular weight is 314 g/mol. The van der Waals surface area contributed by atoms with E-state index < -0.39 is 6.61 Å². The van der Waals surface area contributed by atoms with Gasteiger partial charge in [-0.2, -0.15) is 8.78 Å². The van der Waals surface area contributed by atoms with Crippen LogP contribution in [0.3, 0.4) is 0 Å². The van der Waals surface area contributed by atoms with E-state index in [1.54, 1.807) is 19.1 Å². The third-order valence-electron chi connectivity index (χ3n) is 3.46. The molecule has 0 radical (unpaired) electrons. The molecular formula is C16H24F2N2O2. The number of hydrogen-bond donors (Lipinski definition) is 1. The zero-order valence-corrected chi connectivity index (χ0v) is 13.5. The van der Waals surface area contributed by atoms with Crippen molar-refractivity contribution in [3.05, 3.63) is 24.3 Å². The Morgan fingerprint density at radius 2 is 1.91 bits per heavy atom. The van der Waals surface area contributed by atoms with E-state index >= 15 is 0 Å². The van der Waals surface area contributed by atoms with Crippen LogP contribution in [0.2, 0.25) is 0 Å². The van der Waals surface area contributed by atoms with Crippen molar-refractivity contribution < 1.29 is 18.3 Å². The zero-order chi connectivity index (χ0) is 16.7. The number of anilines is 1. The number of nitrogens with zero attached hydrogens (tertiary/aromatic N) is 1. The van der Waals surface area contributed by atoms with Gasteiger partial charge in [0.2, 0.25) is 5.91 Å². The Labute approximate surface area is 130 Å². The third-order valence-corrected chi connectivity index (χ3v) is 3.46. The molecule has 1 rings (SSSR count).